The SMILES string of the molecule is Cc1cc(N)nc(C)c1CNC(=O)c1cc(Cc2ccc3ncc(Cl)cc3c2)ncc1C#N. The van der Waals surface area contributed by atoms with Crippen LogP contribution >= 0.6 is 11.6 Å². The van der Waals surface area contributed by atoms with Gasteiger partial charge in [0.1, 0.15) is 11.9 Å². The Morgan fingerprint density at radius 3 is 2.73 bits per heavy atom. The van der Waals surface area contributed by atoms with Crippen molar-refractivity contribution < 1.29 is 4.79 Å². The molecule has 7 nitrogen and oxygen atoms in total. The van der Waals surface area contributed by atoms with Crippen molar-refractivity contribution >= 4 is 34.2 Å². The average Bonchev–Trinajstić information content (AvgIpc) is 2.78. The molecule has 0 atom stereocenters. The third-order valence-electron chi connectivity index (χ3n) is 5.42. The number of aromatic nitrogens is 3. The molecule has 0 spiro atoms. The third kappa shape index (κ3) is 4.92. The van der Waals surface area contributed by atoms with E-state index in [-0.39, 0.29) is 23.6 Å². The second-order valence-electron chi connectivity index (χ2n) is 7.80. The van der Waals surface area contributed by atoms with Crippen molar-refractivity contribution in [2.45, 2.75) is 26.8 Å². The molecule has 0 fully saturated rings. The first-order valence-electron chi connectivity index (χ1n) is 10.3. The molecule has 4 aromatic rings. The summed E-state index contributed by atoms with van der Waals surface area (Å²) in [5.41, 5.74) is 11.4. The molecule has 4 rings (SSSR count). The number of nitrogens with one attached hydrogen (secondary N) is 1. The number of rotatable bonds is 5. The standard InChI is InChI=1S/C25H21ClN6O/c1-14-5-24(28)32-15(2)22(14)13-31-25(33)21-9-20(29-11-18(21)10-27)7-16-3-4-23-17(6-16)8-19(26)12-30-23/h3-6,8-9,11-12H,7,13H2,1-2H3,(H2,28,32)(H,31,33). The normalized spacial score (nSPS) is 10.7. The molecule has 3 heterocycles. The van der Waals surface area contributed by atoms with Crippen LogP contribution in [0.2, 0.25) is 5.02 Å². The molecule has 0 aliphatic rings. The number of pyridine rings is 3. The number of amides is 1. The predicted molar refractivity (Wildman–Crippen MR) is 128 cm³/mol. The number of fused-ring (bicyclic) bond motifs is 1. The first kappa shape index (κ1) is 22.2. The van der Waals surface area contributed by atoms with Gasteiger partial charge in [0.15, 0.2) is 0 Å². The summed E-state index contributed by atoms with van der Waals surface area (Å²) in [4.78, 5) is 25.9. The van der Waals surface area contributed by atoms with E-state index >= 15 is 0 Å². The number of anilines is 1. The lowest BCUT2D eigenvalue weighted by atomic mass is 10.0. The number of nitrogens with two attached hydrogens (primary N) is 1. The van der Waals surface area contributed by atoms with Gasteiger partial charge in [-0.3, -0.25) is 14.8 Å². The molecule has 8 heteroatoms. The van der Waals surface area contributed by atoms with Gasteiger partial charge in [-0.05, 0) is 60.9 Å². The van der Waals surface area contributed by atoms with Crippen LogP contribution in [0.5, 0.6) is 0 Å². The number of carbonyl (C=O) groups excluding carboxylic acids is 1. The van der Waals surface area contributed by atoms with E-state index in [0.29, 0.717) is 23.0 Å². The van der Waals surface area contributed by atoms with E-state index in [9.17, 15) is 10.1 Å². The number of nitrogen functional groups attached to an aromatic ring is 1. The maximum Gasteiger partial charge on any atom is 0.253 e. The number of halogens is 1. The average molecular weight is 457 g/mol. The molecule has 1 aromatic carbocycles. The van der Waals surface area contributed by atoms with Crippen LogP contribution in [-0.4, -0.2) is 20.9 Å². The zero-order valence-corrected chi connectivity index (χ0v) is 18.9. The maximum atomic E-state index is 12.9. The Morgan fingerprint density at radius 2 is 1.97 bits per heavy atom. The summed E-state index contributed by atoms with van der Waals surface area (Å²) in [5.74, 6) is 0.0951. The van der Waals surface area contributed by atoms with Crippen molar-refractivity contribution in [3.8, 4) is 6.07 Å². The number of hydrogen-bond acceptors (Lipinski definition) is 6. The molecule has 3 N–H and O–H groups in total. The summed E-state index contributed by atoms with van der Waals surface area (Å²) in [7, 11) is 0. The van der Waals surface area contributed by atoms with Crippen molar-refractivity contribution in [1.29, 1.82) is 5.26 Å². The lowest BCUT2D eigenvalue weighted by molar-refractivity contribution is 0.0950. The Labute approximate surface area is 196 Å². The number of hydrogen-bond donors (Lipinski definition) is 2. The molecule has 3 aromatic heterocycles. The van der Waals surface area contributed by atoms with Gasteiger partial charge < -0.3 is 11.1 Å². The lowest BCUT2D eigenvalue weighted by Crippen LogP contribution is -2.25. The lowest BCUT2D eigenvalue weighted by Gasteiger charge is -2.12. The minimum atomic E-state index is -0.347. The van der Waals surface area contributed by atoms with Crippen LogP contribution in [-0.2, 0) is 13.0 Å². The van der Waals surface area contributed by atoms with Gasteiger partial charge in [0.25, 0.3) is 5.91 Å². The minimum Gasteiger partial charge on any atom is -0.384 e. The first-order valence-corrected chi connectivity index (χ1v) is 10.7. The minimum absolute atomic E-state index is 0.217. The predicted octanol–water partition coefficient (Wildman–Crippen LogP) is 4.27. The summed E-state index contributed by atoms with van der Waals surface area (Å²) in [5, 5.41) is 13.9. The van der Waals surface area contributed by atoms with E-state index in [2.05, 4.69) is 26.3 Å². The fourth-order valence-corrected chi connectivity index (χ4v) is 3.93. The fraction of sp³-hybridized carbons (Fsp3) is 0.160. The molecular weight excluding hydrogens is 436 g/mol. The topological polar surface area (TPSA) is 118 Å². The maximum absolute atomic E-state index is 12.9. The van der Waals surface area contributed by atoms with Crippen molar-refractivity contribution in [3.63, 3.8) is 0 Å². The van der Waals surface area contributed by atoms with Gasteiger partial charge in [0, 0.05) is 42.1 Å². The fourth-order valence-electron chi connectivity index (χ4n) is 3.76. The van der Waals surface area contributed by atoms with E-state index < -0.39 is 0 Å². The van der Waals surface area contributed by atoms with E-state index in [1.165, 1.54) is 6.20 Å². The van der Waals surface area contributed by atoms with Crippen LogP contribution in [0.4, 0.5) is 5.82 Å². The number of aryl methyl sites for hydroxylation is 2. The molecule has 0 aliphatic heterocycles. The highest BCUT2D eigenvalue weighted by molar-refractivity contribution is 6.31. The number of nitriles is 1. The zero-order chi connectivity index (χ0) is 23.5. The van der Waals surface area contributed by atoms with Gasteiger partial charge in [-0.25, -0.2) is 4.98 Å². The largest absolute Gasteiger partial charge is 0.384 e. The van der Waals surface area contributed by atoms with E-state index in [4.69, 9.17) is 17.3 Å². The quantitative estimate of drug-likeness (QED) is 0.463. The molecule has 0 unspecified atom stereocenters. The summed E-state index contributed by atoms with van der Waals surface area (Å²) in [6.07, 6.45) is 3.54. The Hall–Kier alpha value is -4.02. The Bertz CT molecular complexity index is 1400. The molecule has 33 heavy (non-hydrogen) atoms. The Balaban J connectivity index is 1.57. The highest BCUT2D eigenvalue weighted by atomic mass is 35.5. The van der Waals surface area contributed by atoms with E-state index in [1.54, 1.807) is 18.3 Å². The number of benzene rings is 1. The molecule has 1 amide bonds. The molecule has 164 valence electrons. The number of carbonyl (C=O) groups is 1. The monoisotopic (exact) mass is 456 g/mol. The summed E-state index contributed by atoms with van der Waals surface area (Å²) in [6, 6.07) is 13.2. The van der Waals surface area contributed by atoms with Gasteiger partial charge in [-0.2, -0.15) is 5.26 Å². The highest BCUT2D eigenvalue weighted by Crippen LogP contribution is 2.21. The van der Waals surface area contributed by atoms with Gasteiger partial charge in [0.05, 0.1) is 21.7 Å². The van der Waals surface area contributed by atoms with E-state index in [1.807, 2.05) is 38.1 Å². The summed E-state index contributed by atoms with van der Waals surface area (Å²) in [6.45, 7) is 4.05. The second-order valence-corrected chi connectivity index (χ2v) is 8.24. The van der Waals surface area contributed by atoms with Crippen molar-refractivity contribution in [2.75, 3.05) is 5.73 Å². The van der Waals surface area contributed by atoms with Crippen LogP contribution < -0.4 is 11.1 Å². The van der Waals surface area contributed by atoms with Crippen molar-refractivity contribution in [2.24, 2.45) is 0 Å². The number of nitrogens with zero attached hydrogens (tertiary/aromatic N) is 4. The van der Waals surface area contributed by atoms with Crippen LogP contribution in [0.3, 0.4) is 0 Å². The van der Waals surface area contributed by atoms with Gasteiger partial charge >= 0.3 is 0 Å². The highest BCUT2D eigenvalue weighted by Gasteiger charge is 2.15. The summed E-state index contributed by atoms with van der Waals surface area (Å²) < 4.78 is 0. The van der Waals surface area contributed by atoms with Gasteiger partial charge in [-0.1, -0.05) is 17.7 Å². The molecule has 0 radical (unpaired) electrons. The Morgan fingerprint density at radius 1 is 1.15 bits per heavy atom. The van der Waals surface area contributed by atoms with Crippen LogP contribution in [0.1, 0.15) is 44.0 Å². The van der Waals surface area contributed by atoms with Crippen molar-refractivity contribution in [1.82, 2.24) is 20.3 Å². The van der Waals surface area contributed by atoms with Crippen LogP contribution in [0, 0.1) is 25.2 Å². The van der Waals surface area contributed by atoms with Crippen LogP contribution in [0.15, 0.2) is 48.8 Å². The Kier molecular flexibility index (Phi) is 6.20. The van der Waals surface area contributed by atoms with Gasteiger partial charge in [-0.15, -0.1) is 0 Å². The van der Waals surface area contributed by atoms with Gasteiger partial charge in [0.2, 0.25) is 0 Å². The third-order valence-corrected chi connectivity index (χ3v) is 5.63. The zero-order valence-electron chi connectivity index (χ0n) is 18.2. The molecule has 0 saturated carbocycles. The first-order chi connectivity index (χ1) is 15.8. The smallest absolute Gasteiger partial charge is 0.253 e. The molecular formula is C25H21ClN6O. The van der Waals surface area contributed by atoms with E-state index in [0.717, 1.165) is 33.3 Å². The second kappa shape index (κ2) is 9.23. The molecule has 0 bridgehead atoms. The summed E-state index contributed by atoms with van der Waals surface area (Å²) >= 11 is 6.06. The molecule has 0 aliphatic carbocycles. The van der Waals surface area contributed by atoms with Crippen LogP contribution in [0.25, 0.3) is 10.9 Å². The molecule has 0 saturated heterocycles. The van der Waals surface area contributed by atoms with Crippen molar-refractivity contribution in [3.05, 3.63) is 93.0 Å².